The lowest BCUT2D eigenvalue weighted by Gasteiger charge is -2.32. The number of halogens is 3. The number of anilines is 2. The molecule has 0 bridgehead atoms. The first-order valence-corrected chi connectivity index (χ1v) is 10.2. The van der Waals surface area contributed by atoms with Crippen LogP contribution in [0.25, 0.3) is 0 Å². The molecule has 2 N–H and O–H groups in total. The van der Waals surface area contributed by atoms with E-state index in [2.05, 4.69) is 20.8 Å². The van der Waals surface area contributed by atoms with Crippen LogP contribution in [0, 0.1) is 0 Å². The molecule has 1 aliphatic heterocycles. The average molecular weight is 456 g/mol. The molecular weight excluding hydrogens is 437 g/mol. The Morgan fingerprint density at radius 1 is 1.21 bits per heavy atom. The Kier molecular flexibility index (Phi) is 5.15. The predicted molar refractivity (Wildman–Crippen MR) is 113 cm³/mol. The van der Waals surface area contributed by atoms with Gasteiger partial charge in [-0.05, 0) is 17.7 Å². The molecule has 0 aliphatic carbocycles. The maximum atomic E-state index is 13.7. The summed E-state index contributed by atoms with van der Waals surface area (Å²) in [5.41, 5.74) is 1.31. The molecule has 0 saturated carbocycles. The van der Waals surface area contributed by atoms with Gasteiger partial charge in [-0.1, -0.05) is 30.3 Å². The molecule has 2 atom stereocenters. The molecule has 0 unspecified atom stereocenters. The van der Waals surface area contributed by atoms with Gasteiger partial charge in [0, 0.05) is 18.7 Å². The number of amides is 1. The zero-order valence-electron chi connectivity index (χ0n) is 17.2. The van der Waals surface area contributed by atoms with E-state index in [9.17, 15) is 18.0 Å². The Labute approximate surface area is 186 Å². The largest absolute Gasteiger partial charge is 0.467 e. The highest BCUT2D eigenvalue weighted by Gasteiger charge is 2.47. The Hall–Kier alpha value is -4.02. The summed E-state index contributed by atoms with van der Waals surface area (Å²) in [6, 6.07) is 11.6. The summed E-state index contributed by atoms with van der Waals surface area (Å²) < 4.78 is 49.0. The van der Waals surface area contributed by atoms with Crippen molar-refractivity contribution >= 4 is 17.4 Å². The summed E-state index contributed by atoms with van der Waals surface area (Å²) in [5, 5.41) is 13.8. The van der Waals surface area contributed by atoms with E-state index in [0.29, 0.717) is 18.0 Å². The maximum Gasteiger partial charge on any atom is 0.410 e. The van der Waals surface area contributed by atoms with E-state index in [1.165, 1.54) is 18.5 Å². The number of carbonyl (C=O) groups excluding carboxylic acids is 1. The van der Waals surface area contributed by atoms with Crippen molar-refractivity contribution in [3.8, 4) is 0 Å². The second kappa shape index (κ2) is 8.15. The molecule has 170 valence electrons. The van der Waals surface area contributed by atoms with Crippen molar-refractivity contribution in [3.05, 3.63) is 84.2 Å². The molecule has 1 aromatic carbocycles. The minimum absolute atomic E-state index is 0.0925. The molecule has 8 nitrogen and oxygen atoms in total. The van der Waals surface area contributed by atoms with Crippen LogP contribution in [0.5, 0.6) is 0 Å². The van der Waals surface area contributed by atoms with E-state index >= 15 is 0 Å². The minimum atomic E-state index is -4.54. The number of carbonyl (C=O) groups is 1. The number of rotatable bonds is 5. The van der Waals surface area contributed by atoms with Crippen LogP contribution in [0.3, 0.4) is 0 Å². The van der Waals surface area contributed by atoms with Gasteiger partial charge in [0.25, 0.3) is 5.91 Å². The van der Waals surface area contributed by atoms with Crippen LogP contribution in [-0.2, 0) is 6.54 Å². The number of hydrogen-bond donors (Lipinski definition) is 2. The van der Waals surface area contributed by atoms with Crippen molar-refractivity contribution in [3.63, 3.8) is 0 Å². The number of nitrogens with zero attached hydrogens (tertiary/aromatic N) is 4. The van der Waals surface area contributed by atoms with Crippen molar-refractivity contribution < 1.29 is 22.4 Å². The number of benzene rings is 1. The Morgan fingerprint density at radius 3 is 2.76 bits per heavy atom. The summed E-state index contributed by atoms with van der Waals surface area (Å²) in [6.45, 7) is 0.515. The van der Waals surface area contributed by atoms with Crippen LogP contribution in [0.15, 0.2) is 71.6 Å². The van der Waals surface area contributed by atoms with Crippen LogP contribution in [0.2, 0.25) is 0 Å². The normalized spacial score (nSPS) is 17.9. The fourth-order valence-electron chi connectivity index (χ4n) is 3.84. The Balaban J connectivity index is 1.34. The SMILES string of the molecule is O=C(Nc1cnn(Cc2ccccc2)c1)c1cc2n(n1)[C@@H](C(F)(F)F)C[C@@H](c1ccco1)N2. The first-order valence-electron chi connectivity index (χ1n) is 10.2. The van der Waals surface area contributed by atoms with Crippen molar-refractivity contribution in [1.29, 1.82) is 0 Å². The molecule has 1 aliphatic rings. The van der Waals surface area contributed by atoms with Crippen LogP contribution < -0.4 is 10.6 Å². The summed E-state index contributed by atoms with van der Waals surface area (Å²) in [5.74, 6) is -0.156. The van der Waals surface area contributed by atoms with E-state index in [0.717, 1.165) is 10.2 Å². The monoisotopic (exact) mass is 456 g/mol. The molecule has 33 heavy (non-hydrogen) atoms. The topological polar surface area (TPSA) is 89.9 Å². The van der Waals surface area contributed by atoms with Crippen molar-refractivity contribution in [2.24, 2.45) is 0 Å². The third kappa shape index (κ3) is 4.34. The smallest absolute Gasteiger partial charge is 0.410 e. The molecule has 11 heteroatoms. The second-order valence-corrected chi connectivity index (χ2v) is 7.73. The fourth-order valence-corrected chi connectivity index (χ4v) is 3.84. The zero-order chi connectivity index (χ0) is 23.0. The molecule has 4 aromatic rings. The van der Waals surface area contributed by atoms with Crippen LogP contribution in [-0.4, -0.2) is 31.6 Å². The van der Waals surface area contributed by atoms with Gasteiger partial charge in [0.2, 0.25) is 0 Å². The number of furan rings is 1. The first-order chi connectivity index (χ1) is 15.9. The van der Waals surface area contributed by atoms with Gasteiger partial charge < -0.3 is 15.1 Å². The average Bonchev–Trinajstić information content (AvgIpc) is 3.54. The van der Waals surface area contributed by atoms with Gasteiger partial charge in [-0.25, -0.2) is 4.68 Å². The van der Waals surface area contributed by atoms with E-state index in [4.69, 9.17) is 4.42 Å². The lowest BCUT2D eigenvalue weighted by molar-refractivity contribution is -0.174. The maximum absolute atomic E-state index is 13.7. The number of alkyl halides is 3. The molecule has 1 amide bonds. The first kappa shape index (κ1) is 20.9. The van der Waals surface area contributed by atoms with Crippen LogP contribution in [0.1, 0.15) is 40.3 Å². The van der Waals surface area contributed by atoms with Gasteiger partial charge in [0.15, 0.2) is 11.7 Å². The van der Waals surface area contributed by atoms with Crippen molar-refractivity contribution in [2.75, 3.05) is 10.6 Å². The molecule has 0 saturated heterocycles. The van der Waals surface area contributed by atoms with Crippen LogP contribution in [0.4, 0.5) is 24.7 Å². The van der Waals surface area contributed by atoms with Gasteiger partial charge in [-0.3, -0.25) is 9.48 Å². The van der Waals surface area contributed by atoms with Crippen molar-refractivity contribution in [2.45, 2.75) is 31.2 Å². The third-order valence-electron chi connectivity index (χ3n) is 5.39. The van der Waals surface area contributed by atoms with Gasteiger partial charge >= 0.3 is 6.18 Å². The van der Waals surface area contributed by atoms with Gasteiger partial charge in [-0.2, -0.15) is 23.4 Å². The highest BCUT2D eigenvalue weighted by molar-refractivity contribution is 6.03. The number of aromatic nitrogens is 4. The van der Waals surface area contributed by atoms with Gasteiger partial charge in [-0.15, -0.1) is 0 Å². The predicted octanol–water partition coefficient (Wildman–Crippen LogP) is 4.63. The molecule has 3 aromatic heterocycles. The van der Waals surface area contributed by atoms with E-state index in [-0.39, 0.29) is 17.9 Å². The molecule has 0 fully saturated rings. The van der Waals surface area contributed by atoms with E-state index < -0.39 is 24.2 Å². The Morgan fingerprint density at radius 2 is 2.03 bits per heavy atom. The number of fused-ring (bicyclic) bond motifs is 1. The molecule has 5 rings (SSSR count). The summed E-state index contributed by atoms with van der Waals surface area (Å²) in [7, 11) is 0. The molecule has 0 radical (unpaired) electrons. The minimum Gasteiger partial charge on any atom is -0.467 e. The highest BCUT2D eigenvalue weighted by atomic mass is 19.4. The fraction of sp³-hybridized carbons (Fsp3) is 0.227. The number of hydrogen-bond acceptors (Lipinski definition) is 5. The Bertz CT molecular complexity index is 1250. The quantitative estimate of drug-likeness (QED) is 0.457. The number of nitrogens with one attached hydrogen (secondary N) is 2. The highest BCUT2D eigenvalue weighted by Crippen LogP contribution is 2.43. The second-order valence-electron chi connectivity index (χ2n) is 7.73. The third-order valence-corrected chi connectivity index (χ3v) is 5.39. The van der Waals surface area contributed by atoms with Gasteiger partial charge in [0.1, 0.15) is 11.6 Å². The lowest BCUT2D eigenvalue weighted by atomic mass is 10.0. The molecule has 0 spiro atoms. The lowest BCUT2D eigenvalue weighted by Crippen LogP contribution is -2.35. The van der Waals surface area contributed by atoms with E-state index in [1.807, 2.05) is 30.3 Å². The summed E-state index contributed by atoms with van der Waals surface area (Å²) >= 11 is 0. The molecular formula is C22H19F3N6O2. The van der Waals surface area contributed by atoms with E-state index in [1.54, 1.807) is 23.0 Å². The standard InChI is InChI=1S/C22H19F3N6O2/c23-22(24,25)19-9-16(18-7-4-8-33-18)28-20-10-17(29-31(19)20)21(32)27-15-11-26-30(13-15)12-14-5-2-1-3-6-14/h1-8,10-11,13,16,19,28H,9,12H2,(H,27,32)/t16-,19+/m0/s1. The van der Waals surface area contributed by atoms with Gasteiger partial charge in [0.05, 0.1) is 30.7 Å². The summed E-state index contributed by atoms with van der Waals surface area (Å²) in [4.78, 5) is 12.7. The van der Waals surface area contributed by atoms with Crippen LogP contribution >= 0.6 is 0 Å². The molecule has 4 heterocycles. The zero-order valence-corrected chi connectivity index (χ0v) is 17.2. The summed E-state index contributed by atoms with van der Waals surface area (Å²) in [6.07, 6.45) is -0.327. The van der Waals surface area contributed by atoms with Crippen molar-refractivity contribution in [1.82, 2.24) is 19.6 Å².